The number of hydrogen-bond acceptors (Lipinski definition) is 2. The first kappa shape index (κ1) is 9.00. The van der Waals surface area contributed by atoms with Gasteiger partial charge in [0.1, 0.15) is 0 Å². The third-order valence-electron chi connectivity index (χ3n) is 1.41. The monoisotopic (exact) mass is 181 g/mol. The second-order valence-electron chi connectivity index (χ2n) is 2.40. The van der Waals surface area contributed by atoms with Crippen molar-refractivity contribution in [1.29, 1.82) is 0 Å². The molecule has 0 spiro atoms. The van der Waals surface area contributed by atoms with Gasteiger partial charge in [-0.15, -0.1) is 11.3 Å². The Kier molecular flexibility index (Phi) is 3.05. The minimum Gasteiger partial charge on any atom is -0.356 e. The van der Waals surface area contributed by atoms with E-state index in [1.54, 1.807) is 18.4 Å². The van der Waals surface area contributed by atoms with Crippen LogP contribution in [0.1, 0.15) is 9.75 Å². The molecule has 0 aliphatic carbocycles. The largest absolute Gasteiger partial charge is 0.356 e. The third-order valence-corrected chi connectivity index (χ3v) is 2.37. The van der Waals surface area contributed by atoms with E-state index < -0.39 is 0 Å². The van der Waals surface area contributed by atoms with E-state index in [1.807, 2.05) is 25.1 Å². The van der Waals surface area contributed by atoms with E-state index in [0.717, 1.165) is 4.88 Å². The van der Waals surface area contributed by atoms with Crippen LogP contribution < -0.4 is 5.32 Å². The van der Waals surface area contributed by atoms with E-state index >= 15 is 0 Å². The first-order valence-corrected chi connectivity index (χ1v) is 4.50. The molecule has 3 heteroatoms. The molecule has 12 heavy (non-hydrogen) atoms. The Hall–Kier alpha value is -1.09. The van der Waals surface area contributed by atoms with Crippen LogP contribution in [0.15, 0.2) is 18.2 Å². The van der Waals surface area contributed by atoms with Crippen molar-refractivity contribution in [3.05, 3.63) is 28.0 Å². The van der Waals surface area contributed by atoms with Crippen molar-refractivity contribution in [1.82, 2.24) is 5.32 Å². The Morgan fingerprint density at radius 1 is 1.58 bits per heavy atom. The van der Waals surface area contributed by atoms with E-state index in [1.165, 1.54) is 11.0 Å². The van der Waals surface area contributed by atoms with Crippen LogP contribution in [0.5, 0.6) is 0 Å². The van der Waals surface area contributed by atoms with Gasteiger partial charge in [0, 0.05) is 22.9 Å². The first-order chi connectivity index (χ1) is 5.72. The highest BCUT2D eigenvalue weighted by molar-refractivity contribution is 7.12. The van der Waals surface area contributed by atoms with Crippen LogP contribution in [0.3, 0.4) is 0 Å². The van der Waals surface area contributed by atoms with Crippen molar-refractivity contribution in [2.75, 3.05) is 7.05 Å². The Labute approximate surface area is 75.9 Å². The summed E-state index contributed by atoms with van der Waals surface area (Å²) in [6, 6.07) is 4.04. The van der Waals surface area contributed by atoms with Crippen molar-refractivity contribution in [2.45, 2.75) is 6.92 Å². The van der Waals surface area contributed by atoms with E-state index in [9.17, 15) is 4.79 Å². The van der Waals surface area contributed by atoms with Gasteiger partial charge in [-0.05, 0) is 25.1 Å². The molecule has 0 aliphatic rings. The van der Waals surface area contributed by atoms with Crippen LogP contribution in [0, 0.1) is 6.92 Å². The lowest BCUT2D eigenvalue weighted by Gasteiger charge is -1.87. The molecule has 0 saturated carbocycles. The molecule has 0 saturated heterocycles. The number of rotatable bonds is 2. The molecule has 1 aromatic heterocycles. The highest BCUT2D eigenvalue weighted by Crippen LogP contribution is 2.15. The fourth-order valence-electron chi connectivity index (χ4n) is 0.784. The zero-order valence-corrected chi connectivity index (χ0v) is 7.94. The number of hydrogen-bond donors (Lipinski definition) is 1. The Bertz CT molecular complexity index is 301. The number of amides is 1. The molecule has 0 radical (unpaired) electrons. The zero-order chi connectivity index (χ0) is 8.97. The van der Waals surface area contributed by atoms with Crippen molar-refractivity contribution in [3.8, 4) is 0 Å². The first-order valence-electron chi connectivity index (χ1n) is 3.68. The summed E-state index contributed by atoms with van der Waals surface area (Å²) in [6.45, 7) is 2.04. The standard InChI is InChI=1S/C9H11NOS/c1-7-3-4-8(12-7)5-6-9(11)10-2/h3-6H,1-2H3,(H,10,11)/b6-5+. The van der Waals surface area contributed by atoms with Gasteiger partial charge in [-0.25, -0.2) is 0 Å². The SMILES string of the molecule is CNC(=O)/C=C/c1ccc(C)s1. The molecule has 64 valence electrons. The summed E-state index contributed by atoms with van der Waals surface area (Å²) >= 11 is 1.67. The number of nitrogens with one attached hydrogen (secondary N) is 1. The van der Waals surface area contributed by atoms with Gasteiger partial charge in [0.15, 0.2) is 0 Å². The van der Waals surface area contributed by atoms with E-state index in [2.05, 4.69) is 5.32 Å². The molecule has 1 N–H and O–H groups in total. The Balaban J connectivity index is 2.63. The van der Waals surface area contributed by atoms with E-state index in [0.29, 0.717) is 0 Å². The Morgan fingerprint density at radius 3 is 2.83 bits per heavy atom. The summed E-state index contributed by atoms with van der Waals surface area (Å²) in [4.78, 5) is 13.2. The van der Waals surface area contributed by atoms with Gasteiger partial charge in [0.2, 0.25) is 5.91 Å². The lowest BCUT2D eigenvalue weighted by Crippen LogP contribution is -2.13. The van der Waals surface area contributed by atoms with Crippen LogP contribution in [0.25, 0.3) is 6.08 Å². The van der Waals surface area contributed by atoms with Crippen LogP contribution in [0.4, 0.5) is 0 Å². The normalized spacial score (nSPS) is 10.5. The second-order valence-corrected chi connectivity index (χ2v) is 3.72. The van der Waals surface area contributed by atoms with Gasteiger partial charge in [-0.2, -0.15) is 0 Å². The van der Waals surface area contributed by atoms with Crippen LogP contribution in [-0.2, 0) is 4.79 Å². The van der Waals surface area contributed by atoms with E-state index in [-0.39, 0.29) is 5.91 Å². The van der Waals surface area contributed by atoms with E-state index in [4.69, 9.17) is 0 Å². The van der Waals surface area contributed by atoms with Crippen molar-refractivity contribution in [3.63, 3.8) is 0 Å². The fourth-order valence-corrected chi connectivity index (χ4v) is 1.56. The molecule has 0 aliphatic heterocycles. The number of carbonyl (C=O) groups is 1. The van der Waals surface area contributed by atoms with Gasteiger partial charge in [0.05, 0.1) is 0 Å². The molecule has 1 rings (SSSR count). The molecule has 0 bridgehead atoms. The quantitative estimate of drug-likeness (QED) is 0.693. The molecule has 2 nitrogen and oxygen atoms in total. The summed E-state index contributed by atoms with van der Waals surface area (Å²) < 4.78 is 0. The molecule has 1 heterocycles. The van der Waals surface area contributed by atoms with Crippen molar-refractivity contribution in [2.24, 2.45) is 0 Å². The molecule has 0 unspecified atom stereocenters. The van der Waals surface area contributed by atoms with Gasteiger partial charge >= 0.3 is 0 Å². The second kappa shape index (κ2) is 4.07. The van der Waals surface area contributed by atoms with Gasteiger partial charge in [-0.3, -0.25) is 4.79 Å². The van der Waals surface area contributed by atoms with Crippen molar-refractivity contribution < 1.29 is 4.79 Å². The smallest absolute Gasteiger partial charge is 0.243 e. The predicted octanol–water partition coefficient (Wildman–Crippen LogP) is 1.82. The van der Waals surface area contributed by atoms with Crippen molar-refractivity contribution >= 4 is 23.3 Å². The average molecular weight is 181 g/mol. The molecular weight excluding hydrogens is 170 g/mol. The fraction of sp³-hybridized carbons (Fsp3) is 0.222. The van der Waals surface area contributed by atoms with Crippen LogP contribution in [-0.4, -0.2) is 13.0 Å². The van der Waals surface area contributed by atoms with Gasteiger partial charge in [-0.1, -0.05) is 0 Å². The zero-order valence-electron chi connectivity index (χ0n) is 7.13. The molecule has 0 atom stereocenters. The molecule has 0 aromatic carbocycles. The number of carbonyl (C=O) groups excluding carboxylic acids is 1. The summed E-state index contributed by atoms with van der Waals surface area (Å²) in [5, 5.41) is 2.52. The maximum Gasteiger partial charge on any atom is 0.243 e. The number of thiophene rings is 1. The minimum absolute atomic E-state index is 0.0685. The summed E-state index contributed by atoms with van der Waals surface area (Å²) in [6.07, 6.45) is 3.35. The molecule has 1 amide bonds. The summed E-state index contributed by atoms with van der Waals surface area (Å²) in [5.74, 6) is -0.0685. The maximum absolute atomic E-state index is 10.8. The average Bonchev–Trinajstić information content (AvgIpc) is 2.47. The molecule has 0 fully saturated rings. The maximum atomic E-state index is 10.8. The highest BCUT2D eigenvalue weighted by Gasteiger charge is 1.92. The summed E-state index contributed by atoms with van der Waals surface area (Å²) in [5.41, 5.74) is 0. The highest BCUT2D eigenvalue weighted by atomic mass is 32.1. The van der Waals surface area contributed by atoms with Crippen LogP contribution >= 0.6 is 11.3 Å². The third kappa shape index (κ3) is 2.51. The molecule has 1 aromatic rings. The summed E-state index contributed by atoms with van der Waals surface area (Å²) in [7, 11) is 1.62. The molecular formula is C9H11NOS. The number of likely N-dealkylation sites (N-methyl/N-ethyl adjacent to an activating group) is 1. The van der Waals surface area contributed by atoms with Crippen LogP contribution in [0.2, 0.25) is 0 Å². The lowest BCUT2D eigenvalue weighted by atomic mass is 10.4. The minimum atomic E-state index is -0.0685. The Morgan fingerprint density at radius 2 is 2.33 bits per heavy atom. The van der Waals surface area contributed by atoms with Gasteiger partial charge < -0.3 is 5.32 Å². The lowest BCUT2D eigenvalue weighted by molar-refractivity contribution is -0.115. The van der Waals surface area contributed by atoms with Gasteiger partial charge in [0.25, 0.3) is 0 Å². The topological polar surface area (TPSA) is 29.1 Å². The predicted molar refractivity (Wildman–Crippen MR) is 52.2 cm³/mol. The number of aryl methyl sites for hydroxylation is 1.